The minimum Gasteiger partial charge on any atom is -0.489 e. The van der Waals surface area contributed by atoms with Crippen molar-refractivity contribution < 1.29 is 4.74 Å². The van der Waals surface area contributed by atoms with E-state index in [-0.39, 0.29) is 10.8 Å². The molecule has 4 atom stereocenters. The molecule has 3 nitrogen and oxygen atoms in total. The quantitative estimate of drug-likeness (QED) is 0.447. The predicted octanol–water partition coefficient (Wildman–Crippen LogP) is 5.63. The second-order valence-electron chi connectivity index (χ2n) is 8.21. The molecule has 1 aromatic rings. The lowest BCUT2D eigenvalue weighted by molar-refractivity contribution is 0.278. The molecular formula is C20H28Cl2N2OS. The van der Waals surface area contributed by atoms with Crippen LogP contribution in [0.2, 0.25) is 10.0 Å². The lowest BCUT2D eigenvalue weighted by Crippen LogP contribution is -2.37. The topological polar surface area (TPSA) is 33.3 Å². The first-order chi connectivity index (χ1) is 12.3. The molecule has 0 amide bonds. The summed E-state index contributed by atoms with van der Waals surface area (Å²) in [7, 11) is 0. The highest BCUT2D eigenvalue weighted by Crippen LogP contribution is 2.48. The number of fused-ring (bicyclic) bond motifs is 2. The molecule has 2 N–H and O–H groups in total. The summed E-state index contributed by atoms with van der Waals surface area (Å²) < 4.78 is 9.81. The SMILES string of the molecule is C=CCOc1cc(Cl)c(Cl)cc1C(NSC(C)(C)C)C1CC2CC1CN2. The van der Waals surface area contributed by atoms with Crippen LogP contribution < -0.4 is 14.8 Å². The fourth-order valence-corrected chi connectivity index (χ4v) is 5.08. The molecule has 1 aromatic carbocycles. The number of rotatable bonds is 7. The van der Waals surface area contributed by atoms with Crippen molar-refractivity contribution in [3.05, 3.63) is 40.4 Å². The molecule has 2 fully saturated rings. The van der Waals surface area contributed by atoms with Gasteiger partial charge in [-0.05, 0) is 58.1 Å². The molecular weight excluding hydrogens is 387 g/mol. The summed E-state index contributed by atoms with van der Waals surface area (Å²) in [6, 6.07) is 4.62. The monoisotopic (exact) mass is 414 g/mol. The second kappa shape index (κ2) is 8.32. The summed E-state index contributed by atoms with van der Waals surface area (Å²) in [4.78, 5) is 0. The van der Waals surface area contributed by atoms with Crippen molar-refractivity contribution in [3.63, 3.8) is 0 Å². The molecule has 6 heteroatoms. The van der Waals surface area contributed by atoms with Crippen LogP contribution in [-0.4, -0.2) is 23.9 Å². The molecule has 1 aliphatic heterocycles. The summed E-state index contributed by atoms with van der Waals surface area (Å²) in [5, 5.41) is 4.70. The minimum absolute atomic E-state index is 0.118. The molecule has 1 aliphatic carbocycles. The molecule has 3 rings (SSSR count). The van der Waals surface area contributed by atoms with E-state index in [0.29, 0.717) is 34.5 Å². The van der Waals surface area contributed by atoms with Gasteiger partial charge < -0.3 is 10.1 Å². The van der Waals surface area contributed by atoms with Gasteiger partial charge in [-0.2, -0.15) is 0 Å². The normalized spacial score (nSPS) is 26.1. The molecule has 2 bridgehead atoms. The Bertz CT molecular complexity index is 662. The number of hydrogen-bond acceptors (Lipinski definition) is 4. The van der Waals surface area contributed by atoms with Crippen molar-refractivity contribution in [2.75, 3.05) is 13.2 Å². The Labute approximate surface area is 171 Å². The van der Waals surface area contributed by atoms with Crippen LogP contribution in [0.25, 0.3) is 0 Å². The second-order valence-corrected chi connectivity index (χ2v) is 10.7. The molecule has 0 radical (unpaired) electrons. The molecule has 1 saturated carbocycles. The van der Waals surface area contributed by atoms with E-state index in [1.807, 2.05) is 12.1 Å². The zero-order valence-electron chi connectivity index (χ0n) is 15.6. The smallest absolute Gasteiger partial charge is 0.126 e. The standard InChI is InChI=1S/C20H28Cl2N2OS/c1-5-6-25-18-10-17(22)16(21)9-15(18)19(24-26-20(2,3)4)14-8-13-7-12(14)11-23-13/h5,9-10,12-14,19,23-24H,1,6-8,11H2,2-4H3. The van der Waals surface area contributed by atoms with Crippen LogP contribution in [0.15, 0.2) is 24.8 Å². The van der Waals surface area contributed by atoms with Gasteiger partial charge in [0, 0.05) is 28.5 Å². The van der Waals surface area contributed by atoms with Gasteiger partial charge in [0.15, 0.2) is 0 Å². The fraction of sp³-hybridized carbons (Fsp3) is 0.600. The Morgan fingerprint density at radius 3 is 2.65 bits per heavy atom. The molecule has 26 heavy (non-hydrogen) atoms. The van der Waals surface area contributed by atoms with Crippen molar-refractivity contribution in [2.45, 2.75) is 50.4 Å². The van der Waals surface area contributed by atoms with Gasteiger partial charge in [-0.1, -0.05) is 47.8 Å². The highest BCUT2D eigenvalue weighted by Gasteiger charge is 2.44. The summed E-state index contributed by atoms with van der Waals surface area (Å²) >= 11 is 14.4. The van der Waals surface area contributed by atoms with E-state index < -0.39 is 0 Å². The average Bonchev–Trinajstić information content (AvgIpc) is 3.19. The van der Waals surface area contributed by atoms with Gasteiger partial charge >= 0.3 is 0 Å². The van der Waals surface area contributed by atoms with E-state index >= 15 is 0 Å². The number of benzene rings is 1. The van der Waals surface area contributed by atoms with Crippen molar-refractivity contribution in [1.82, 2.24) is 10.0 Å². The third-order valence-electron chi connectivity index (χ3n) is 5.08. The highest BCUT2D eigenvalue weighted by molar-refractivity contribution is 7.98. The Morgan fingerprint density at radius 1 is 1.35 bits per heavy atom. The fourth-order valence-electron chi connectivity index (χ4n) is 3.97. The van der Waals surface area contributed by atoms with Crippen molar-refractivity contribution in [3.8, 4) is 5.75 Å². The zero-order valence-corrected chi connectivity index (χ0v) is 18.0. The first-order valence-electron chi connectivity index (χ1n) is 9.18. The molecule has 4 unspecified atom stereocenters. The summed E-state index contributed by atoms with van der Waals surface area (Å²) in [6.07, 6.45) is 4.18. The lowest BCUT2D eigenvalue weighted by atomic mass is 9.84. The number of piperidine rings is 1. The Morgan fingerprint density at radius 2 is 2.08 bits per heavy atom. The van der Waals surface area contributed by atoms with E-state index in [0.717, 1.165) is 17.9 Å². The van der Waals surface area contributed by atoms with Crippen LogP contribution in [0.4, 0.5) is 0 Å². The van der Waals surface area contributed by atoms with E-state index in [2.05, 4.69) is 37.4 Å². The average molecular weight is 415 g/mol. The Hall–Kier alpha value is -0.390. The van der Waals surface area contributed by atoms with Gasteiger partial charge in [0.25, 0.3) is 0 Å². The third kappa shape index (κ3) is 4.71. The van der Waals surface area contributed by atoms with Crippen LogP contribution in [0, 0.1) is 11.8 Å². The maximum absolute atomic E-state index is 6.39. The summed E-state index contributed by atoms with van der Waals surface area (Å²) in [6.45, 7) is 11.9. The van der Waals surface area contributed by atoms with Gasteiger partial charge in [0.05, 0.1) is 10.0 Å². The molecule has 0 aromatic heterocycles. The van der Waals surface area contributed by atoms with Gasteiger partial charge in [-0.15, -0.1) is 0 Å². The largest absolute Gasteiger partial charge is 0.489 e. The lowest BCUT2D eigenvalue weighted by Gasteiger charge is -2.34. The van der Waals surface area contributed by atoms with E-state index in [4.69, 9.17) is 27.9 Å². The number of hydrogen-bond donors (Lipinski definition) is 2. The van der Waals surface area contributed by atoms with Gasteiger partial charge in [-0.25, -0.2) is 0 Å². The van der Waals surface area contributed by atoms with Crippen LogP contribution in [-0.2, 0) is 0 Å². The Balaban J connectivity index is 1.94. The van der Waals surface area contributed by atoms with Crippen LogP contribution >= 0.6 is 35.1 Å². The summed E-state index contributed by atoms with van der Waals surface area (Å²) in [5.74, 6) is 2.03. The van der Waals surface area contributed by atoms with E-state index in [1.54, 1.807) is 18.0 Å². The maximum atomic E-state index is 6.39. The van der Waals surface area contributed by atoms with Crippen LogP contribution in [0.5, 0.6) is 5.75 Å². The molecule has 1 heterocycles. The van der Waals surface area contributed by atoms with Crippen LogP contribution in [0.1, 0.15) is 45.2 Å². The van der Waals surface area contributed by atoms with Crippen LogP contribution in [0.3, 0.4) is 0 Å². The molecule has 144 valence electrons. The summed E-state index contributed by atoms with van der Waals surface area (Å²) in [5.41, 5.74) is 1.09. The Kier molecular flexibility index (Phi) is 6.51. The third-order valence-corrected chi connectivity index (χ3v) is 6.79. The van der Waals surface area contributed by atoms with Gasteiger partial charge in [0.1, 0.15) is 12.4 Å². The van der Waals surface area contributed by atoms with E-state index in [9.17, 15) is 0 Å². The predicted molar refractivity (Wildman–Crippen MR) is 113 cm³/mol. The van der Waals surface area contributed by atoms with Crippen molar-refractivity contribution in [1.29, 1.82) is 0 Å². The first kappa shape index (κ1) is 20.3. The van der Waals surface area contributed by atoms with E-state index in [1.165, 1.54) is 12.8 Å². The van der Waals surface area contributed by atoms with Gasteiger partial charge in [-0.3, -0.25) is 4.72 Å². The highest BCUT2D eigenvalue weighted by atomic mass is 35.5. The van der Waals surface area contributed by atoms with Crippen molar-refractivity contribution >= 4 is 35.1 Å². The first-order valence-corrected chi connectivity index (χ1v) is 10.8. The maximum Gasteiger partial charge on any atom is 0.126 e. The number of halogens is 2. The van der Waals surface area contributed by atoms with Crippen molar-refractivity contribution in [2.24, 2.45) is 11.8 Å². The number of nitrogens with one attached hydrogen (secondary N) is 2. The zero-order chi connectivity index (χ0) is 18.9. The number of ether oxygens (including phenoxy) is 1. The minimum atomic E-state index is 0.118. The molecule has 0 spiro atoms. The molecule has 1 saturated heterocycles. The van der Waals surface area contributed by atoms with Gasteiger partial charge in [0.2, 0.25) is 0 Å². The molecule has 2 aliphatic rings.